The topological polar surface area (TPSA) is 68.3 Å². The van der Waals surface area contributed by atoms with Gasteiger partial charge in [-0.25, -0.2) is 0 Å². The number of pyridine rings is 1. The number of carbonyl (C=O) groups excluding carboxylic acids is 1. The third-order valence-corrected chi connectivity index (χ3v) is 4.38. The molecule has 0 N–H and O–H groups in total. The number of carbonyl (C=O) groups is 1. The molecular formula is C16H18N6O. The summed E-state index contributed by atoms with van der Waals surface area (Å²) >= 11 is 0. The molecule has 1 amide bonds. The standard InChI is InChI=1S/C16H18N6O/c23-16(13-5-6-15-19-17-12-20(15)10-13)22-9-2-1-4-14(22)11-21-8-3-7-18-21/h3,5-8,10,12,14H,1-2,4,9,11H2/t14-/m1/s1. The summed E-state index contributed by atoms with van der Waals surface area (Å²) in [6, 6.07) is 5.75. The zero-order valence-electron chi connectivity index (χ0n) is 12.7. The highest BCUT2D eigenvalue weighted by molar-refractivity contribution is 5.94. The minimum atomic E-state index is 0.0671. The second-order valence-corrected chi connectivity index (χ2v) is 5.89. The number of amides is 1. The predicted octanol–water partition coefficient (Wildman–Crippen LogP) is 1.62. The van der Waals surface area contributed by atoms with Gasteiger partial charge in [-0.3, -0.25) is 13.9 Å². The minimum Gasteiger partial charge on any atom is -0.334 e. The lowest BCUT2D eigenvalue weighted by molar-refractivity contribution is 0.0583. The van der Waals surface area contributed by atoms with Crippen molar-refractivity contribution in [2.45, 2.75) is 31.8 Å². The van der Waals surface area contributed by atoms with Gasteiger partial charge in [-0.1, -0.05) is 0 Å². The summed E-state index contributed by atoms with van der Waals surface area (Å²) < 4.78 is 3.68. The number of nitrogens with zero attached hydrogens (tertiary/aromatic N) is 6. The number of hydrogen-bond donors (Lipinski definition) is 0. The lowest BCUT2D eigenvalue weighted by atomic mass is 10.0. The minimum absolute atomic E-state index is 0.0671. The maximum Gasteiger partial charge on any atom is 0.255 e. The van der Waals surface area contributed by atoms with Crippen LogP contribution in [0, 0.1) is 0 Å². The van der Waals surface area contributed by atoms with Crippen LogP contribution in [0.2, 0.25) is 0 Å². The fourth-order valence-electron chi connectivity index (χ4n) is 3.20. The Kier molecular flexibility index (Phi) is 3.53. The normalized spacial score (nSPS) is 18.4. The molecule has 0 aliphatic carbocycles. The molecule has 4 heterocycles. The first kappa shape index (κ1) is 13.9. The molecule has 3 aromatic heterocycles. The Bertz CT molecular complexity index is 809. The fraction of sp³-hybridized carbons (Fsp3) is 0.375. The van der Waals surface area contributed by atoms with Crippen molar-refractivity contribution in [3.63, 3.8) is 0 Å². The van der Waals surface area contributed by atoms with Gasteiger partial charge in [-0.2, -0.15) is 5.10 Å². The van der Waals surface area contributed by atoms with E-state index in [2.05, 4.69) is 15.3 Å². The van der Waals surface area contributed by atoms with Gasteiger partial charge in [-0.15, -0.1) is 10.2 Å². The van der Waals surface area contributed by atoms with Gasteiger partial charge in [0.25, 0.3) is 5.91 Å². The summed E-state index contributed by atoms with van der Waals surface area (Å²) in [6.45, 7) is 1.54. The Morgan fingerprint density at radius 3 is 3.13 bits per heavy atom. The Morgan fingerprint density at radius 2 is 2.26 bits per heavy atom. The molecule has 7 nitrogen and oxygen atoms in total. The van der Waals surface area contributed by atoms with Crippen LogP contribution in [0.5, 0.6) is 0 Å². The average molecular weight is 310 g/mol. The molecule has 7 heteroatoms. The SMILES string of the molecule is O=C(c1ccc2nncn2c1)N1CCCC[C@@H]1Cn1cccn1. The van der Waals surface area contributed by atoms with Gasteiger partial charge in [-0.05, 0) is 37.5 Å². The largest absolute Gasteiger partial charge is 0.334 e. The van der Waals surface area contributed by atoms with Gasteiger partial charge in [0.2, 0.25) is 0 Å². The third-order valence-electron chi connectivity index (χ3n) is 4.38. The summed E-state index contributed by atoms with van der Waals surface area (Å²) in [5, 5.41) is 12.1. The molecule has 0 radical (unpaired) electrons. The molecule has 1 saturated heterocycles. The Hall–Kier alpha value is -2.70. The molecule has 0 spiro atoms. The Balaban J connectivity index is 1.58. The summed E-state index contributed by atoms with van der Waals surface area (Å²) in [4.78, 5) is 14.9. The molecule has 0 bridgehead atoms. The summed E-state index contributed by atoms with van der Waals surface area (Å²) in [7, 11) is 0. The number of likely N-dealkylation sites (tertiary alicyclic amines) is 1. The maximum atomic E-state index is 12.9. The lowest BCUT2D eigenvalue weighted by Gasteiger charge is -2.35. The summed E-state index contributed by atoms with van der Waals surface area (Å²) in [5.74, 6) is 0.0671. The van der Waals surface area contributed by atoms with Crippen molar-refractivity contribution in [2.75, 3.05) is 6.54 Å². The van der Waals surface area contributed by atoms with Crippen molar-refractivity contribution in [3.8, 4) is 0 Å². The van der Waals surface area contributed by atoms with E-state index in [1.165, 1.54) is 0 Å². The molecule has 3 aromatic rings. The van der Waals surface area contributed by atoms with E-state index in [1.54, 1.807) is 23.1 Å². The fourth-order valence-corrected chi connectivity index (χ4v) is 3.20. The lowest BCUT2D eigenvalue weighted by Crippen LogP contribution is -2.46. The summed E-state index contributed by atoms with van der Waals surface area (Å²) in [5.41, 5.74) is 1.41. The van der Waals surface area contributed by atoms with E-state index in [-0.39, 0.29) is 11.9 Å². The van der Waals surface area contributed by atoms with E-state index in [0.29, 0.717) is 5.56 Å². The van der Waals surface area contributed by atoms with Crippen molar-refractivity contribution in [3.05, 3.63) is 48.7 Å². The van der Waals surface area contributed by atoms with Crippen LogP contribution in [0.15, 0.2) is 43.1 Å². The second-order valence-electron chi connectivity index (χ2n) is 5.89. The summed E-state index contributed by atoms with van der Waals surface area (Å²) in [6.07, 6.45) is 10.4. The predicted molar refractivity (Wildman–Crippen MR) is 83.9 cm³/mol. The Morgan fingerprint density at radius 1 is 1.30 bits per heavy atom. The van der Waals surface area contributed by atoms with Crippen molar-refractivity contribution in [2.24, 2.45) is 0 Å². The number of fused-ring (bicyclic) bond motifs is 1. The third kappa shape index (κ3) is 2.69. The van der Waals surface area contributed by atoms with Gasteiger partial charge in [0.1, 0.15) is 6.33 Å². The molecule has 0 unspecified atom stereocenters. The van der Waals surface area contributed by atoms with E-state index in [1.807, 2.05) is 34.0 Å². The molecule has 1 fully saturated rings. The van der Waals surface area contributed by atoms with Crippen molar-refractivity contribution in [1.82, 2.24) is 29.3 Å². The quantitative estimate of drug-likeness (QED) is 0.737. The van der Waals surface area contributed by atoms with Crippen LogP contribution >= 0.6 is 0 Å². The van der Waals surface area contributed by atoms with Crippen molar-refractivity contribution >= 4 is 11.6 Å². The number of aromatic nitrogens is 5. The van der Waals surface area contributed by atoms with Gasteiger partial charge in [0.05, 0.1) is 18.2 Å². The van der Waals surface area contributed by atoms with E-state index < -0.39 is 0 Å². The van der Waals surface area contributed by atoms with Gasteiger partial charge in [0.15, 0.2) is 5.65 Å². The van der Waals surface area contributed by atoms with Gasteiger partial charge < -0.3 is 4.90 Å². The van der Waals surface area contributed by atoms with Crippen LogP contribution in [-0.2, 0) is 6.54 Å². The molecule has 118 valence electrons. The number of piperidine rings is 1. The zero-order valence-corrected chi connectivity index (χ0v) is 12.7. The first-order valence-corrected chi connectivity index (χ1v) is 7.89. The van der Waals surface area contributed by atoms with Gasteiger partial charge in [0, 0.05) is 25.1 Å². The highest BCUT2D eigenvalue weighted by atomic mass is 16.2. The van der Waals surface area contributed by atoms with E-state index in [9.17, 15) is 4.79 Å². The molecule has 23 heavy (non-hydrogen) atoms. The van der Waals surface area contributed by atoms with Crippen LogP contribution in [0.1, 0.15) is 29.6 Å². The van der Waals surface area contributed by atoms with Crippen LogP contribution in [-0.4, -0.2) is 47.8 Å². The first-order valence-electron chi connectivity index (χ1n) is 7.89. The molecule has 0 aromatic carbocycles. The molecule has 1 aliphatic heterocycles. The van der Waals surface area contributed by atoms with Crippen molar-refractivity contribution < 1.29 is 4.79 Å². The van der Waals surface area contributed by atoms with E-state index >= 15 is 0 Å². The smallest absolute Gasteiger partial charge is 0.255 e. The highest BCUT2D eigenvalue weighted by Crippen LogP contribution is 2.21. The second kappa shape index (κ2) is 5.83. The molecule has 1 atom stereocenters. The van der Waals surface area contributed by atoms with Crippen LogP contribution < -0.4 is 0 Å². The average Bonchev–Trinajstić information content (AvgIpc) is 3.25. The van der Waals surface area contributed by atoms with Crippen LogP contribution in [0.3, 0.4) is 0 Å². The number of hydrogen-bond acceptors (Lipinski definition) is 4. The van der Waals surface area contributed by atoms with Crippen molar-refractivity contribution in [1.29, 1.82) is 0 Å². The highest BCUT2D eigenvalue weighted by Gasteiger charge is 2.28. The molecular weight excluding hydrogens is 292 g/mol. The van der Waals surface area contributed by atoms with E-state index in [4.69, 9.17) is 0 Å². The maximum absolute atomic E-state index is 12.9. The van der Waals surface area contributed by atoms with E-state index in [0.717, 1.165) is 38.0 Å². The number of rotatable bonds is 3. The molecule has 4 rings (SSSR count). The molecule has 0 saturated carbocycles. The first-order chi connectivity index (χ1) is 11.3. The van der Waals surface area contributed by atoms with Crippen LogP contribution in [0.4, 0.5) is 0 Å². The zero-order chi connectivity index (χ0) is 15.6. The Labute approximate surface area is 133 Å². The van der Waals surface area contributed by atoms with Gasteiger partial charge >= 0.3 is 0 Å². The monoisotopic (exact) mass is 310 g/mol. The molecule has 1 aliphatic rings. The van der Waals surface area contributed by atoms with Crippen LogP contribution in [0.25, 0.3) is 5.65 Å².